The normalized spacial score (nSPS) is 15.2. The Hall–Kier alpha value is -7.26. The van der Waals surface area contributed by atoms with Gasteiger partial charge in [0.2, 0.25) is 23.6 Å². The average Bonchev–Trinajstić information content (AvgIpc) is 4.13. The number of nitrogens with zero attached hydrogens (tertiary/aromatic N) is 7. The van der Waals surface area contributed by atoms with Crippen LogP contribution < -0.4 is 26.8 Å². The zero-order chi connectivity index (χ0) is 55.4. The standard InChI is InChI=1S/C54H67FN12O9S/c1-7-54(74)39-23-44-48-37(28-67(44)51(72)38(39)30-76-52(54)73)35(36-22-33(6)40(55)24-42(36)60-48)16-15-21-75-31-59-46(69)27-56-49(70)41(17-12-14-19-65(8-2)9-3)61-50(71)47(32(4)5)62-45(68)18-11-10-13-20-66-29-43(63-64-66)34-25-57-53(77)58-26-34/h22-26,29,32,41,47,74H,7-14,17-21,27-28,30-31H2,1-6H3,(H,56,70)(H,59,69)(H,61,71)(H,62,68)(H,57,58,77)/t41-,47-,54-/m0/s1. The third-order valence-corrected chi connectivity index (χ3v) is 14.2. The summed E-state index contributed by atoms with van der Waals surface area (Å²) >= 11 is 5.00. The van der Waals surface area contributed by atoms with Gasteiger partial charge < -0.3 is 50.3 Å². The number of pyridine rings is 2. The van der Waals surface area contributed by atoms with Crippen molar-refractivity contribution in [3.63, 3.8) is 0 Å². The topological polar surface area (TPSA) is 270 Å². The zero-order valence-electron chi connectivity index (χ0n) is 44.3. The molecule has 4 amide bonds. The minimum atomic E-state index is -2.02. The maximum absolute atomic E-state index is 14.9. The highest BCUT2D eigenvalue weighted by atomic mass is 32.1. The summed E-state index contributed by atoms with van der Waals surface area (Å²) in [5.74, 6) is 2.53. The molecule has 7 rings (SSSR count). The highest BCUT2D eigenvalue weighted by Gasteiger charge is 2.45. The van der Waals surface area contributed by atoms with Gasteiger partial charge in [-0.1, -0.05) is 58.1 Å². The molecule has 0 radical (unpaired) electrons. The van der Waals surface area contributed by atoms with Gasteiger partial charge in [0.15, 0.2) is 10.4 Å². The molecule has 21 nitrogen and oxygen atoms in total. The Bertz CT molecular complexity index is 3180. The van der Waals surface area contributed by atoms with Crippen molar-refractivity contribution < 1.29 is 42.9 Å². The maximum Gasteiger partial charge on any atom is 0.343 e. The van der Waals surface area contributed by atoms with Crippen LogP contribution in [0.2, 0.25) is 0 Å². The van der Waals surface area contributed by atoms with E-state index in [1.807, 2.05) is 20.0 Å². The third kappa shape index (κ3) is 13.8. The fraction of sp³-hybridized carbons (Fsp3) is 0.500. The molecular formula is C54H67FN12O9S. The Morgan fingerprint density at radius 3 is 2.53 bits per heavy atom. The number of amides is 4. The number of rotatable bonds is 25. The molecule has 0 spiro atoms. The second kappa shape index (κ2) is 26.2. The number of aromatic nitrogens is 7. The van der Waals surface area contributed by atoms with Crippen molar-refractivity contribution in [2.45, 2.75) is 130 Å². The fourth-order valence-corrected chi connectivity index (χ4v) is 9.47. The molecule has 0 saturated carbocycles. The molecule has 4 aromatic heterocycles. The molecule has 6 heterocycles. The van der Waals surface area contributed by atoms with Crippen LogP contribution in [0.3, 0.4) is 0 Å². The summed E-state index contributed by atoms with van der Waals surface area (Å²) in [6.07, 6.45) is 9.12. The van der Waals surface area contributed by atoms with Crippen molar-refractivity contribution in [3.8, 4) is 34.5 Å². The first-order valence-electron chi connectivity index (χ1n) is 26.1. The lowest BCUT2D eigenvalue weighted by molar-refractivity contribution is -0.172. The van der Waals surface area contributed by atoms with E-state index in [1.54, 1.807) is 43.1 Å². The van der Waals surface area contributed by atoms with Crippen LogP contribution in [0, 0.1) is 35.3 Å². The van der Waals surface area contributed by atoms with Crippen molar-refractivity contribution in [3.05, 3.63) is 85.5 Å². The second-order valence-corrected chi connectivity index (χ2v) is 19.9. The molecule has 0 fully saturated rings. The molecule has 3 atom stereocenters. The van der Waals surface area contributed by atoms with Gasteiger partial charge in [0.1, 0.15) is 43.5 Å². The molecule has 0 saturated heterocycles. The first-order chi connectivity index (χ1) is 37.0. The molecule has 23 heteroatoms. The molecule has 0 unspecified atom stereocenters. The molecule has 0 bridgehead atoms. The van der Waals surface area contributed by atoms with E-state index in [4.69, 9.17) is 26.7 Å². The number of aromatic amines is 1. The van der Waals surface area contributed by atoms with E-state index in [2.05, 4.69) is 72.1 Å². The van der Waals surface area contributed by atoms with Crippen LogP contribution in [0.1, 0.15) is 114 Å². The molecule has 0 aliphatic carbocycles. The number of ether oxygens (including phenoxy) is 2. The molecular weight excluding hydrogens is 1010 g/mol. The monoisotopic (exact) mass is 1080 g/mol. The first-order valence-corrected chi connectivity index (χ1v) is 26.5. The number of fused-ring (bicyclic) bond motifs is 5. The van der Waals surface area contributed by atoms with E-state index in [-0.39, 0.29) is 67.8 Å². The Kier molecular flexibility index (Phi) is 19.5. The maximum atomic E-state index is 14.9. The number of H-pyrrole nitrogens is 1. The van der Waals surface area contributed by atoms with Gasteiger partial charge in [0.25, 0.3) is 5.56 Å². The second-order valence-electron chi connectivity index (χ2n) is 19.5. The van der Waals surface area contributed by atoms with Crippen LogP contribution in [0.4, 0.5) is 4.39 Å². The highest BCUT2D eigenvalue weighted by Crippen LogP contribution is 2.40. The van der Waals surface area contributed by atoms with Crippen molar-refractivity contribution in [2.75, 3.05) is 39.5 Å². The molecule has 2 aliphatic rings. The minimum Gasteiger partial charge on any atom is -0.458 e. The number of carbonyl (C=O) groups is 5. The van der Waals surface area contributed by atoms with Gasteiger partial charge in [0, 0.05) is 59.1 Å². The number of halogens is 1. The third-order valence-electron chi connectivity index (χ3n) is 14.0. The quantitative estimate of drug-likeness (QED) is 0.0154. The number of benzene rings is 1. The summed E-state index contributed by atoms with van der Waals surface area (Å²) in [5.41, 5.74) is 1.66. The van der Waals surface area contributed by atoms with Crippen molar-refractivity contribution >= 4 is 52.7 Å². The summed E-state index contributed by atoms with van der Waals surface area (Å²) in [6, 6.07) is 2.60. The number of cyclic esters (lactones) is 1. The van der Waals surface area contributed by atoms with E-state index < -0.39 is 59.3 Å². The fourth-order valence-electron chi connectivity index (χ4n) is 9.36. The number of nitrogens with one attached hydrogen (secondary N) is 5. The number of aliphatic hydroxyl groups is 1. The Morgan fingerprint density at radius 1 is 1.01 bits per heavy atom. The Labute approximate surface area is 450 Å². The number of carbonyl (C=O) groups excluding carboxylic acids is 5. The number of unbranched alkanes of at least 4 members (excludes halogenated alkanes) is 3. The lowest BCUT2D eigenvalue weighted by Gasteiger charge is -2.31. The SMILES string of the molecule is CCN(CC)CCCC[C@H](NC(=O)[C@@H](NC(=O)CCCCCn1cc(-c2cnc(=S)[nH]c2)nn1)C(C)C)C(=O)NCC(=O)NCOCC#Cc1c2c(nc3cc(F)c(C)cc13)-c1cc3c(c(=O)n1C2)COC(=O)[C@]3(O)CC. The summed E-state index contributed by atoms with van der Waals surface area (Å²) < 4.78 is 29.3. The van der Waals surface area contributed by atoms with Crippen LogP contribution >= 0.6 is 12.2 Å². The lowest BCUT2D eigenvalue weighted by Crippen LogP contribution is -2.56. The number of hydrogen-bond donors (Lipinski definition) is 6. The van der Waals surface area contributed by atoms with Crippen molar-refractivity contribution in [1.82, 2.24) is 60.7 Å². The molecule has 5 aromatic rings. The predicted molar refractivity (Wildman–Crippen MR) is 285 cm³/mol. The molecule has 2 aliphatic heterocycles. The summed E-state index contributed by atoms with van der Waals surface area (Å²) in [6.45, 7) is 13.1. The van der Waals surface area contributed by atoms with Gasteiger partial charge >= 0.3 is 5.97 Å². The van der Waals surface area contributed by atoms with Crippen LogP contribution in [0.25, 0.3) is 33.5 Å². The van der Waals surface area contributed by atoms with Crippen LogP contribution in [0.15, 0.2) is 41.6 Å². The summed E-state index contributed by atoms with van der Waals surface area (Å²) in [5, 5.41) is 31.2. The van der Waals surface area contributed by atoms with E-state index in [1.165, 1.54) is 10.6 Å². The number of aryl methyl sites for hydroxylation is 2. The van der Waals surface area contributed by atoms with Gasteiger partial charge in [-0.2, -0.15) is 0 Å². The average molecular weight is 1080 g/mol. The Balaban J connectivity index is 0.915. The van der Waals surface area contributed by atoms with Crippen LogP contribution in [-0.4, -0.2) is 126 Å². The molecule has 1 aromatic carbocycles. The zero-order valence-corrected chi connectivity index (χ0v) is 45.2. The van der Waals surface area contributed by atoms with Gasteiger partial charge in [-0.3, -0.25) is 28.7 Å². The van der Waals surface area contributed by atoms with Gasteiger partial charge in [-0.05, 0) is 101 Å². The van der Waals surface area contributed by atoms with Gasteiger partial charge in [-0.15, -0.1) is 5.10 Å². The smallest absolute Gasteiger partial charge is 0.343 e. The van der Waals surface area contributed by atoms with Gasteiger partial charge in [0.05, 0.1) is 41.8 Å². The van der Waals surface area contributed by atoms with Crippen LogP contribution in [-0.2, 0) is 58.7 Å². The molecule has 410 valence electrons. The summed E-state index contributed by atoms with van der Waals surface area (Å²) in [4.78, 5) is 94.0. The van der Waals surface area contributed by atoms with Crippen LogP contribution in [0.5, 0.6) is 0 Å². The summed E-state index contributed by atoms with van der Waals surface area (Å²) in [7, 11) is 0. The minimum absolute atomic E-state index is 0.0273. The van der Waals surface area contributed by atoms with E-state index in [0.717, 1.165) is 44.5 Å². The Morgan fingerprint density at radius 2 is 1.81 bits per heavy atom. The number of esters is 1. The van der Waals surface area contributed by atoms with E-state index in [0.29, 0.717) is 69.7 Å². The predicted octanol–water partition coefficient (Wildman–Crippen LogP) is 4.19. The highest BCUT2D eigenvalue weighted by molar-refractivity contribution is 7.71. The van der Waals surface area contributed by atoms with Gasteiger partial charge in [-0.25, -0.2) is 19.2 Å². The molecule has 6 N–H and O–H groups in total. The largest absolute Gasteiger partial charge is 0.458 e. The van der Waals surface area contributed by atoms with Crippen molar-refractivity contribution in [2.24, 2.45) is 5.92 Å². The van der Waals surface area contributed by atoms with E-state index >= 15 is 0 Å². The van der Waals surface area contributed by atoms with Crippen molar-refractivity contribution in [1.29, 1.82) is 0 Å². The van der Waals surface area contributed by atoms with E-state index in [9.17, 15) is 38.3 Å². The molecule has 77 heavy (non-hydrogen) atoms. The number of hydrogen-bond acceptors (Lipinski definition) is 15. The lowest BCUT2D eigenvalue weighted by atomic mass is 9.86. The first kappa shape index (κ1) is 57.4.